The highest BCUT2D eigenvalue weighted by atomic mass is 16.5. The van der Waals surface area contributed by atoms with Crippen molar-refractivity contribution in [3.05, 3.63) is 77.4 Å². The van der Waals surface area contributed by atoms with Crippen molar-refractivity contribution in [2.45, 2.75) is 18.9 Å². The summed E-state index contributed by atoms with van der Waals surface area (Å²) in [6.45, 7) is 2.57. The number of anilines is 1. The van der Waals surface area contributed by atoms with E-state index in [1.807, 2.05) is 37.3 Å². The number of benzene rings is 2. The monoisotopic (exact) mass is 434 g/mol. The van der Waals surface area contributed by atoms with E-state index in [-0.39, 0.29) is 11.8 Å². The number of imidazole rings is 1. The van der Waals surface area contributed by atoms with E-state index in [9.17, 15) is 9.59 Å². The number of amides is 2. The van der Waals surface area contributed by atoms with Crippen LogP contribution in [0.15, 0.2) is 54.9 Å². The molecular weight excluding hydrogens is 408 g/mol. The Morgan fingerprint density at radius 1 is 1.19 bits per heavy atom. The van der Waals surface area contributed by atoms with Crippen molar-refractivity contribution in [3.8, 4) is 5.75 Å². The van der Waals surface area contributed by atoms with Gasteiger partial charge in [-0.3, -0.25) is 9.59 Å². The molecule has 0 saturated carbocycles. The van der Waals surface area contributed by atoms with Gasteiger partial charge in [-0.15, -0.1) is 0 Å². The minimum atomic E-state index is -0.658. The quantitative estimate of drug-likeness (QED) is 0.595. The molecule has 0 fully saturated rings. The van der Waals surface area contributed by atoms with Crippen LogP contribution in [0.5, 0.6) is 5.75 Å². The molecule has 4 rings (SSSR count). The number of H-pyrrole nitrogens is 1. The third-order valence-electron chi connectivity index (χ3n) is 5.74. The van der Waals surface area contributed by atoms with Crippen LogP contribution in [0, 0.1) is 6.92 Å². The predicted octanol–water partition coefficient (Wildman–Crippen LogP) is 3.29. The molecule has 3 aromatic rings. The number of ether oxygens (including phenoxy) is 2. The summed E-state index contributed by atoms with van der Waals surface area (Å²) in [5, 5.41) is 3.00. The van der Waals surface area contributed by atoms with Gasteiger partial charge >= 0.3 is 0 Å². The van der Waals surface area contributed by atoms with Gasteiger partial charge in [-0.2, -0.15) is 0 Å². The second-order valence-electron chi connectivity index (χ2n) is 7.64. The van der Waals surface area contributed by atoms with Crippen LogP contribution in [0.1, 0.15) is 39.3 Å². The molecule has 2 atom stereocenters. The summed E-state index contributed by atoms with van der Waals surface area (Å²) in [5.41, 5.74) is 3.28. The molecule has 1 aliphatic heterocycles. The van der Waals surface area contributed by atoms with Gasteiger partial charge in [0.05, 0.1) is 37.7 Å². The van der Waals surface area contributed by atoms with E-state index in [1.54, 1.807) is 43.6 Å². The lowest BCUT2D eigenvalue weighted by Crippen LogP contribution is -2.47. The van der Waals surface area contributed by atoms with Crippen molar-refractivity contribution in [3.63, 3.8) is 0 Å². The second kappa shape index (κ2) is 9.23. The summed E-state index contributed by atoms with van der Waals surface area (Å²) in [6, 6.07) is 13.9. The van der Waals surface area contributed by atoms with E-state index in [0.717, 1.165) is 5.69 Å². The number of aromatic nitrogens is 2. The van der Waals surface area contributed by atoms with Crippen molar-refractivity contribution < 1.29 is 19.1 Å². The number of hydrogen-bond donors (Lipinski definition) is 2. The standard InChI is InChI=1S/C24H26N4O4/c1-15-21(26-14-25-15)22-20(23(29)27-16-7-6-8-17(13-16)32-3)18-9-4-5-10-19(18)24(30)28(22)11-12-31-2/h4-10,13-14,20,22H,11-12H2,1-3H3,(H,25,26)(H,27,29). The number of rotatable bonds is 7. The second-order valence-corrected chi connectivity index (χ2v) is 7.64. The molecule has 2 heterocycles. The molecule has 2 amide bonds. The zero-order valence-electron chi connectivity index (χ0n) is 18.3. The molecule has 2 aromatic carbocycles. The Morgan fingerprint density at radius 2 is 2.00 bits per heavy atom. The summed E-state index contributed by atoms with van der Waals surface area (Å²) in [5.74, 6) is -0.388. The maximum absolute atomic E-state index is 13.7. The fourth-order valence-electron chi connectivity index (χ4n) is 4.20. The summed E-state index contributed by atoms with van der Waals surface area (Å²) >= 11 is 0. The Bertz CT molecular complexity index is 1130. The lowest BCUT2D eigenvalue weighted by Gasteiger charge is -2.41. The molecule has 0 spiro atoms. The molecule has 8 nitrogen and oxygen atoms in total. The molecule has 0 bridgehead atoms. The summed E-state index contributed by atoms with van der Waals surface area (Å²) in [6.07, 6.45) is 1.58. The van der Waals surface area contributed by atoms with E-state index in [1.165, 1.54) is 0 Å². The molecule has 2 unspecified atom stereocenters. The Hall–Kier alpha value is -3.65. The minimum Gasteiger partial charge on any atom is -0.497 e. The number of aryl methyl sites for hydroxylation is 1. The minimum absolute atomic E-state index is 0.143. The van der Waals surface area contributed by atoms with Crippen molar-refractivity contribution >= 4 is 17.5 Å². The van der Waals surface area contributed by atoms with Gasteiger partial charge in [0.15, 0.2) is 0 Å². The molecule has 8 heteroatoms. The van der Waals surface area contributed by atoms with Crippen molar-refractivity contribution in [1.29, 1.82) is 0 Å². The highest BCUT2D eigenvalue weighted by Crippen LogP contribution is 2.43. The van der Waals surface area contributed by atoms with Gasteiger partial charge < -0.3 is 24.7 Å². The maximum Gasteiger partial charge on any atom is 0.254 e. The van der Waals surface area contributed by atoms with Gasteiger partial charge in [0.1, 0.15) is 5.75 Å². The van der Waals surface area contributed by atoms with Crippen LogP contribution in [0.25, 0.3) is 0 Å². The van der Waals surface area contributed by atoms with Crippen LogP contribution in [-0.2, 0) is 9.53 Å². The molecule has 1 aliphatic rings. The van der Waals surface area contributed by atoms with E-state index in [2.05, 4.69) is 15.3 Å². The van der Waals surface area contributed by atoms with E-state index >= 15 is 0 Å². The van der Waals surface area contributed by atoms with E-state index in [0.29, 0.717) is 41.4 Å². The van der Waals surface area contributed by atoms with Gasteiger partial charge in [-0.25, -0.2) is 4.98 Å². The summed E-state index contributed by atoms with van der Waals surface area (Å²) in [7, 11) is 3.16. The molecule has 166 valence electrons. The molecule has 32 heavy (non-hydrogen) atoms. The highest BCUT2D eigenvalue weighted by molar-refractivity contribution is 6.04. The number of aromatic amines is 1. The van der Waals surface area contributed by atoms with E-state index < -0.39 is 12.0 Å². The van der Waals surface area contributed by atoms with Crippen LogP contribution >= 0.6 is 0 Å². The maximum atomic E-state index is 13.7. The molecule has 0 radical (unpaired) electrons. The zero-order valence-corrected chi connectivity index (χ0v) is 18.3. The van der Waals surface area contributed by atoms with Crippen molar-refractivity contribution in [2.24, 2.45) is 0 Å². The number of carbonyl (C=O) groups is 2. The van der Waals surface area contributed by atoms with Gasteiger partial charge in [0.2, 0.25) is 5.91 Å². The number of hydrogen-bond acceptors (Lipinski definition) is 5. The fourth-order valence-corrected chi connectivity index (χ4v) is 4.20. The normalized spacial score (nSPS) is 17.7. The first-order valence-electron chi connectivity index (χ1n) is 10.4. The summed E-state index contributed by atoms with van der Waals surface area (Å²) in [4.78, 5) is 36.4. The Balaban J connectivity index is 1.81. The average molecular weight is 434 g/mol. The highest BCUT2D eigenvalue weighted by Gasteiger charge is 2.45. The lowest BCUT2D eigenvalue weighted by molar-refractivity contribution is -0.119. The van der Waals surface area contributed by atoms with Crippen LogP contribution in [0.2, 0.25) is 0 Å². The Labute approximate surface area is 186 Å². The van der Waals surface area contributed by atoms with Gasteiger partial charge in [0.25, 0.3) is 5.91 Å². The molecule has 1 aromatic heterocycles. The first-order chi connectivity index (χ1) is 15.5. The van der Waals surface area contributed by atoms with Crippen LogP contribution in [0.3, 0.4) is 0 Å². The summed E-state index contributed by atoms with van der Waals surface area (Å²) < 4.78 is 10.5. The topological polar surface area (TPSA) is 96.6 Å². The van der Waals surface area contributed by atoms with Crippen LogP contribution in [0.4, 0.5) is 5.69 Å². The third-order valence-corrected chi connectivity index (χ3v) is 5.74. The zero-order chi connectivity index (χ0) is 22.7. The smallest absolute Gasteiger partial charge is 0.254 e. The number of carbonyl (C=O) groups excluding carboxylic acids is 2. The number of methoxy groups -OCH3 is 2. The SMILES string of the molecule is COCCN1C(=O)c2ccccc2C(C(=O)Nc2cccc(OC)c2)C1c1nc[nH]c1C. The number of nitrogens with zero attached hydrogens (tertiary/aromatic N) is 2. The van der Waals surface area contributed by atoms with E-state index in [4.69, 9.17) is 9.47 Å². The first kappa shape index (κ1) is 21.6. The van der Waals surface area contributed by atoms with Gasteiger partial charge in [0, 0.05) is 36.7 Å². The van der Waals surface area contributed by atoms with Gasteiger partial charge in [-0.1, -0.05) is 24.3 Å². The predicted molar refractivity (Wildman–Crippen MR) is 120 cm³/mol. The Morgan fingerprint density at radius 3 is 2.72 bits per heavy atom. The molecule has 2 N–H and O–H groups in total. The lowest BCUT2D eigenvalue weighted by atomic mass is 9.80. The largest absolute Gasteiger partial charge is 0.497 e. The number of fused-ring (bicyclic) bond motifs is 1. The van der Waals surface area contributed by atoms with Crippen molar-refractivity contribution in [2.75, 3.05) is 32.7 Å². The van der Waals surface area contributed by atoms with Crippen LogP contribution < -0.4 is 10.1 Å². The first-order valence-corrected chi connectivity index (χ1v) is 10.4. The molecule has 0 saturated heterocycles. The van der Waals surface area contributed by atoms with Gasteiger partial charge in [-0.05, 0) is 30.7 Å². The fraction of sp³-hybridized carbons (Fsp3) is 0.292. The Kier molecular flexibility index (Phi) is 6.23. The molecule has 0 aliphatic carbocycles. The number of nitrogens with one attached hydrogen (secondary N) is 2. The molecular formula is C24H26N4O4. The average Bonchev–Trinajstić information content (AvgIpc) is 3.23. The van der Waals surface area contributed by atoms with Crippen molar-refractivity contribution in [1.82, 2.24) is 14.9 Å². The van der Waals surface area contributed by atoms with Crippen LogP contribution in [-0.4, -0.2) is 54.1 Å². The third kappa shape index (κ3) is 3.97.